The molecule has 3 aromatic rings. The van der Waals surface area contributed by atoms with Crippen molar-refractivity contribution in [1.82, 2.24) is 20.0 Å². The van der Waals surface area contributed by atoms with Crippen molar-refractivity contribution < 1.29 is 23.6 Å². The lowest BCUT2D eigenvalue weighted by molar-refractivity contribution is -0.116. The van der Waals surface area contributed by atoms with E-state index in [2.05, 4.69) is 15.7 Å². The molecule has 0 unspecified atom stereocenters. The molecule has 182 valence electrons. The number of anilines is 1. The van der Waals surface area contributed by atoms with E-state index in [0.717, 1.165) is 0 Å². The lowest BCUT2D eigenvalue weighted by Crippen LogP contribution is -2.30. The summed E-state index contributed by atoms with van der Waals surface area (Å²) in [5.41, 5.74) is 1.36. The zero-order chi connectivity index (χ0) is 24.8. The maximum Gasteiger partial charge on any atom is 0.274 e. The first-order valence-corrected chi connectivity index (χ1v) is 11.6. The van der Waals surface area contributed by atoms with Crippen LogP contribution in [0.3, 0.4) is 0 Å². The van der Waals surface area contributed by atoms with Crippen molar-refractivity contribution in [3.63, 3.8) is 0 Å². The molecule has 0 atom stereocenters. The molecule has 4 amide bonds. The lowest BCUT2D eigenvalue weighted by Gasteiger charge is -2.13. The van der Waals surface area contributed by atoms with Crippen LogP contribution in [0.4, 0.5) is 5.69 Å². The van der Waals surface area contributed by atoms with Crippen LogP contribution in [0.1, 0.15) is 69.6 Å². The fourth-order valence-electron chi connectivity index (χ4n) is 3.89. The monoisotopic (exact) mass is 477 g/mol. The molecule has 2 N–H and O–H groups in total. The fraction of sp³-hybridized carbons (Fsp3) is 0.320. The van der Waals surface area contributed by atoms with Gasteiger partial charge in [-0.25, -0.2) is 0 Å². The first-order valence-electron chi connectivity index (χ1n) is 11.6. The fourth-order valence-corrected chi connectivity index (χ4v) is 3.89. The number of nitrogens with zero attached hydrogens (tertiary/aromatic N) is 3. The number of carbonyl (C=O) groups excluding carboxylic acids is 4. The Kier molecular flexibility index (Phi) is 7.39. The molecule has 4 rings (SSSR count). The summed E-state index contributed by atoms with van der Waals surface area (Å²) in [4.78, 5) is 51.2. The third kappa shape index (κ3) is 5.48. The summed E-state index contributed by atoms with van der Waals surface area (Å²) in [5.74, 6) is -0.574. The molecule has 35 heavy (non-hydrogen) atoms. The summed E-state index contributed by atoms with van der Waals surface area (Å²) < 4.78 is 6.80. The standard InChI is InChI=1S/C25H27N5O5/c1-2-29-16-20(22(28-29)23(32)26-15-17-9-8-14-35-17)27-21(31)12-4-3-7-13-30-24(33)18-10-5-6-11-19(18)25(30)34/h5-6,8-11,14,16H,2-4,7,12-13,15H2,1H3,(H,26,32)(H,27,31). The Morgan fingerprint density at radius 1 is 1.00 bits per heavy atom. The third-order valence-electron chi connectivity index (χ3n) is 5.74. The molecule has 10 heteroatoms. The van der Waals surface area contributed by atoms with E-state index in [1.807, 2.05) is 6.92 Å². The van der Waals surface area contributed by atoms with Gasteiger partial charge in [0.15, 0.2) is 5.69 Å². The van der Waals surface area contributed by atoms with Crippen LogP contribution in [0.2, 0.25) is 0 Å². The number of benzene rings is 1. The van der Waals surface area contributed by atoms with Crippen molar-refractivity contribution in [2.75, 3.05) is 11.9 Å². The molecule has 1 aliphatic rings. The van der Waals surface area contributed by atoms with Gasteiger partial charge in [0.2, 0.25) is 5.91 Å². The molecular formula is C25H27N5O5. The SMILES string of the molecule is CCn1cc(NC(=O)CCCCCN2C(=O)c3ccccc3C2=O)c(C(=O)NCc2ccco2)n1. The van der Waals surface area contributed by atoms with Gasteiger partial charge in [-0.2, -0.15) is 5.10 Å². The highest BCUT2D eigenvalue weighted by molar-refractivity contribution is 6.21. The van der Waals surface area contributed by atoms with Crippen LogP contribution < -0.4 is 10.6 Å². The summed E-state index contributed by atoms with van der Waals surface area (Å²) in [6.45, 7) is 2.96. The Morgan fingerprint density at radius 2 is 1.74 bits per heavy atom. The second-order valence-electron chi connectivity index (χ2n) is 8.18. The highest BCUT2D eigenvalue weighted by Gasteiger charge is 2.34. The minimum Gasteiger partial charge on any atom is -0.467 e. The number of nitrogens with one attached hydrogen (secondary N) is 2. The number of amides is 4. The Hall–Kier alpha value is -4.21. The number of aromatic nitrogens is 2. The molecule has 2 aromatic heterocycles. The summed E-state index contributed by atoms with van der Waals surface area (Å²) in [6, 6.07) is 10.3. The van der Waals surface area contributed by atoms with Gasteiger partial charge in [0.1, 0.15) is 5.76 Å². The van der Waals surface area contributed by atoms with Gasteiger partial charge in [-0.3, -0.25) is 28.8 Å². The van der Waals surface area contributed by atoms with Crippen LogP contribution in [-0.2, 0) is 17.9 Å². The van der Waals surface area contributed by atoms with E-state index in [9.17, 15) is 19.2 Å². The van der Waals surface area contributed by atoms with Crippen molar-refractivity contribution in [2.24, 2.45) is 0 Å². The van der Waals surface area contributed by atoms with Gasteiger partial charge in [-0.1, -0.05) is 18.6 Å². The van der Waals surface area contributed by atoms with Crippen molar-refractivity contribution in [3.05, 3.63) is 71.4 Å². The number of carbonyl (C=O) groups is 4. The molecular weight excluding hydrogens is 450 g/mol. The van der Waals surface area contributed by atoms with Crippen molar-refractivity contribution in [2.45, 2.75) is 45.7 Å². The maximum absolute atomic E-state index is 12.6. The second kappa shape index (κ2) is 10.8. The number of hydrogen-bond acceptors (Lipinski definition) is 6. The molecule has 0 spiro atoms. The third-order valence-corrected chi connectivity index (χ3v) is 5.74. The predicted molar refractivity (Wildman–Crippen MR) is 127 cm³/mol. The van der Waals surface area contributed by atoms with Gasteiger partial charge in [0, 0.05) is 25.7 Å². The zero-order valence-electron chi connectivity index (χ0n) is 19.5. The Morgan fingerprint density at radius 3 is 2.40 bits per heavy atom. The van der Waals surface area contributed by atoms with E-state index in [-0.39, 0.29) is 36.4 Å². The molecule has 10 nitrogen and oxygen atoms in total. The van der Waals surface area contributed by atoms with Crippen LogP contribution in [-0.4, -0.2) is 44.9 Å². The van der Waals surface area contributed by atoms with E-state index < -0.39 is 5.91 Å². The number of furan rings is 1. The predicted octanol–water partition coefficient (Wildman–Crippen LogP) is 3.22. The molecule has 0 saturated carbocycles. The average molecular weight is 478 g/mol. The first kappa shape index (κ1) is 23.9. The van der Waals surface area contributed by atoms with E-state index in [1.54, 1.807) is 47.3 Å². The quantitative estimate of drug-likeness (QED) is 0.323. The average Bonchev–Trinajstić information content (AvgIpc) is 3.58. The molecule has 0 aliphatic carbocycles. The minimum atomic E-state index is -0.412. The molecule has 0 fully saturated rings. The Balaban J connectivity index is 1.23. The van der Waals surface area contributed by atoms with Crippen LogP contribution in [0.25, 0.3) is 0 Å². The highest BCUT2D eigenvalue weighted by Crippen LogP contribution is 2.23. The van der Waals surface area contributed by atoms with Gasteiger partial charge >= 0.3 is 0 Å². The van der Waals surface area contributed by atoms with E-state index in [4.69, 9.17) is 4.42 Å². The maximum atomic E-state index is 12.6. The van der Waals surface area contributed by atoms with E-state index in [0.29, 0.717) is 54.9 Å². The number of hydrogen-bond donors (Lipinski definition) is 2. The van der Waals surface area contributed by atoms with Gasteiger partial charge in [0.05, 0.1) is 29.6 Å². The first-order chi connectivity index (χ1) is 17.0. The summed E-state index contributed by atoms with van der Waals surface area (Å²) in [7, 11) is 0. The molecule has 0 radical (unpaired) electrons. The lowest BCUT2D eigenvalue weighted by atomic mass is 10.1. The van der Waals surface area contributed by atoms with Crippen LogP contribution in [0.15, 0.2) is 53.3 Å². The van der Waals surface area contributed by atoms with Crippen LogP contribution >= 0.6 is 0 Å². The molecule has 0 bridgehead atoms. The Labute approximate surface area is 202 Å². The smallest absolute Gasteiger partial charge is 0.274 e. The number of imide groups is 1. The Bertz CT molecular complexity index is 1200. The van der Waals surface area contributed by atoms with E-state index in [1.165, 1.54) is 11.2 Å². The van der Waals surface area contributed by atoms with Crippen LogP contribution in [0.5, 0.6) is 0 Å². The number of unbranched alkanes of at least 4 members (excludes halogenated alkanes) is 2. The molecule has 0 saturated heterocycles. The second-order valence-corrected chi connectivity index (χ2v) is 8.18. The number of aryl methyl sites for hydroxylation is 1. The summed E-state index contributed by atoms with van der Waals surface area (Å²) in [6.07, 6.45) is 5.25. The van der Waals surface area contributed by atoms with E-state index >= 15 is 0 Å². The normalized spacial score (nSPS) is 12.7. The number of rotatable bonds is 11. The summed E-state index contributed by atoms with van der Waals surface area (Å²) in [5, 5.41) is 9.76. The minimum absolute atomic E-state index is 0.136. The zero-order valence-corrected chi connectivity index (χ0v) is 19.5. The number of fused-ring (bicyclic) bond motifs is 1. The topological polar surface area (TPSA) is 127 Å². The molecule has 1 aromatic carbocycles. The van der Waals surface area contributed by atoms with Gasteiger partial charge in [-0.15, -0.1) is 0 Å². The summed E-state index contributed by atoms with van der Waals surface area (Å²) >= 11 is 0. The molecule has 1 aliphatic heterocycles. The molecule has 3 heterocycles. The van der Waals surface area contributed by atoms with Gasteiger partial charge in [0.25, 0.3) is 17.7 Å². The van der Waals surface area contributed by atoms with Crippen molar-refractivity contribution >= 4 is 29.3 Å². The highest BCUT2D eigenvalue weighted by atomic mass is 16.3. The van der Waals surface area contributed by atoms with Crippen molar-refractivity contribution in [1.29, 1.82) is 0 Å². The van der Waals surface area contributed by atoms with Gasteiger partial charge < -0.3 is 15.1 Å². The van der Waals surface area contributed by atoms with Gasteiger partial charge in [-0.05, 0) is 44.0 Å². The van der Waals surface area contributed by atoms with Crippen molar-refractivity contribution in [3.8, 4) is 0 Å². The largest absolute Gasteiger partial charge is 0.467 e. The van der Waals surface area contributed by atoms with Crippen LogP contribution in [0, 0.1) is 0 Å².